The number of nitro benzene ring substituents is 1. The van der Waals surface area contributed by atoms with Crippen LogP contribution < -0.4 is 5.32 Å². The third-order valence-corrected chi connectivity index (χ3v) is 4.73. The minimum absolute atomic E-state index is 0.123. The Kier molecular flexibility index (Phi) is 4.76. The summed E-state index contributed by atoms with van der Waals surface area (Å²) in [4.78, 5) is 37.1. The number of nitrogens with one attached hydrogen (secondary N) is 1. The quantitative estimate of drug-likeness (QED) is 0.483. The van der Waals surface area contributed by atoms with E-state index in [2.05, 4.69) is 10.3 Å². The number of thiazole rings is 1. The molecule has 0 fully saturated rings. The summed E-state index contributed by atoms with van der Waals surface area (Å²) in [6.45, 7) is 1.32. The molecule has 0 aliphatic rings. The molecule has 1 amide bonds. The lowest BCUT2D eigenvalue weighted by molar-refractivity contribution is -0.385. The fraction of sp³-hybridized carbons (Fsp3) is 0.154. The zero-order valence-corrected chi connectivity index (χ0v) is 14.1. The summed E-state index contributed by atoms with van der Waals surface area (Å²) in [6.07, 6.45) is 0.883. The molecule has 11 heteroatoms. The second kappa shape index (κ2) is 6.45. The number of carbonyl (C=O) groups excluding carboxylic acids is 2. The van der Waals surface area contributed by atoms with Gasteiger partial charge in [-0.2, -0.15) is 0 Å². The zero-order valence-electron chi connectivity index (χ0n) is 12.5. The van der Waals surface area contributed by atoms with Crippen LogP contribution in [0.5, 0.6) is 0 Å². The van der Waals surface area contributed by atoms with E-state index < -0.39 is 26.4 Å². The number of ketones is 1. The molecular weight excluding hydrogens is 358 g/mol. The molecule has 9 nitrogen and oxygen atoms in total. The van der Waals surface area contributed by atoms with Gasteiger partial charge in [-0.15, -0.1) is 11.3 Å². The summed E-state index contributed by atoms with van der Waals surface area (Å²) >= 11 is 1.01. The average molecular weight is 369 g/mol. The number of amides is 1. The molecule has 0 bridgehead atoms. The maximum Gasteiger partial charge on any atom is 0.271 e. The van der Waals surface area contributed by atoms with Crippen LogP contribution in [0, 0.1) is 10.1 Å². The van der Waals surface area contributed by atoms with Crippen LogP contribution in [-0.2, 0) is 9.84 Å². The van der Waals surface area contributed by atoms with Gasteiger partial charge in [0.05, 0.1) is 9.82 Å². The van der Waals surface area contributed by atoms with Crippen molar-refractivity contribution in [3.05, 3.63) is 45.0 Å². The molecule has 24 heavy (non-hydrogen) atoms. The Morgan fingerprint density at radius 1 is 1.29 bits per heavy atom. The Balaban J connectivity index is 2.39. The van der Waals surface area contributed by atoms with Crippen LogP contribution in [0.4, 0.5) is 10.8 Å². The first-order chi connectivity index (χ1) is 11.1. The summed E-state index contributed by atoms with van der Waals surface area (Å²) in [5.74, 6) is -1.05. The van der Waals surface area contributed by atoms with Crippen LogP contribution in [0.25, 0.3) is 0 Å². The maximum atomic E-state index is 12.2. The van der Waals surface area contributed by atoms with Crippen molar-refractivity contribution in [1.29, 1.82) is 0 Å². The first kappa shape index (κ1) is 17.7. The number of nitro groups is 1. The molecule has 2 rings (SSSR count). The SMILES string of the molecule is CC(=O)c1csc(NC(=O)c2cc([N+](=O)[O-])cc(S(C)(=O)=O)c2)n1. The predicted octanol–water partition coefficient (Wildman–Crippen LogP) is 1.91. The van der Waals surface area contributed by atoms with Crippen LogP contribution in [-0.4, -0.2) is 36.3 Å². The van der Waals surface area contributed by atoms with Gasteiger partial charge in [-0.05, 0) is 6.07 Å². The Morgan fingerprint density at radius 3 is 2.46 bits per heavy atom. The molecule has 0 saturated carbocycles. The standard InChI is InChI=1S/C13H11N3O6S2/c1-7(17)11-6-23-13(14-11)15-12(18)8-3-9(16(19)20)5-10(4-8)24(2,21)22/h3-6H,1-2H3,(H,14,15,18). The van der Waals surface area contributed by atoms with Gasteiger partial charge in [0.15, 0.2) is 20.8 Å². The van der Waals surface area contributed by atoms with Gasteiger partial charge in [-0.1, -0.05) is 0 Å². The zero-order chi connectivity index (χ0) is 18.1. The molecule has 0 aliphatic heterocycles. The minimum Gasteiger partial charge on any atom is -0.298 e. The van der Waals surface area contributed by atoms with E-state index in [1.165, 1.54) is 12.3 Å². The van der Waals surface area contributed by atoms with Crippen molar-refractivity contribution in [1.82, 2.24) is 4.98 Å². The molecule has 2 aromatic rings. The summed E-state index contributed by atoms with van der Waals surface area (Å²) in [6, 6.07) is 2.88. The largest absolute Gasteiger partial charge is 0.298 e. The molecule has 1 aromatic carbocycles. The predicted molar refractivity (Wildman–Crippen MR) is 86.3 cm³/mol. The van der Waals surface area contributed by atoms with Gasteiger partial charge >= 0.3 is 0 Å². The van der Waals surface area contributed by atoms with Crippen LogP contribution in [0.15, 0.2) is 28.5 Å². The van der Waals surface area contributed by atoms with Crippen molar-refractivity contribution in [3.8, 4) is 0 Å². The lowest BCUT2D eigenvalue weighted by Gasteiger charge is -2.05. The van der Waals surface area contributed by atoms with Gasteiger partial charge in [0.2, 0.25) is 0 Å². The number of benzene rings is 1. The van der Waals surface area contributed by atoms with Crippen molar-refractivity contribution in [3.63, 3.8) is 0 Å². The smallest absolute Gasteiger partial charge is 0.271 e. The van der Waals surface area contributed by atoms with E-state index in [1.807, 2.05) is 0 Å². The molecule has 0 atom stereocenters. The van der Waals surface area contributed by atoms with Crippen molar-refractivity contribution >= 4 is 43.7 Å². The first-order valence-corrected chi connectivity index (χ1v) is 9.12. The topological polar surface area (TPSA) is 136 Å². The number of carbonyl (C=O) groups is 2. The molecule has 1 N–H and O–H groups in total. The van der Waals surface area contributed by atoms with Gasteiger partial charge < -0.3 is 0 Å². The molecule has 0 unspecified atom stereocenters. The third kappa shape index (κ3) is 4.00. The fourth-order valence-corrected chi connectivity index (χ4v) is 3.12. The van der Waals surface area contributed by atoms with E-state index in [0.717, 1.165) is 35.8 Å². The number of aromatic nitrogens is 1. The second-order valence-corrected chi connectivity index (χ2v) is 7.67. The minimum atomic E-state index is -3.74. The van der Waals surface area contributed by atoms with Crippen molar-refractivity contribution in [2.24, 2.45) is 0 Å². The number of non-ortho nitro benzene ring substituents is 1. The van der Waals surface area contributed by atoms with E-state index in [0.29, 0.717) is 0 Å². The van der Waals surface area contributed by atoms with Gasteiger partial charge in [0.1, 0.15) is 5.69 Å². The van der Waals surface area contributed by atoms with Crippen LogP contribution in [0.2, 0.25) is 0 Å². The molecule has 1 heterocycles. The molecule has 126 valence electrons. The number of anilines is 1. The second-order valence-electron chi connectivity index (χ2n) is 4.79. The van der Waals surface area contributed by atoms with E-state index in [4.69, 9.17) is 0 Å². The average Bonchev–Trinajstić information content (AvgIpc) is 2.94. The van der Waals surface area contributed by atoms with E-state index in [-0.39, 0.29) is 27.1 Å². The Hall–Kier alpha value is -2.66. The van der Waals surface area contributed by atoms with E-state index >= 15 is 0 Å². The third-order valence-electron chi connectivity index (χ3n) is 2.88. The number of sulfone groups is 1. The molecule has 0 aliphatic carbocycles. The highest BCUT2D eigenvalue weighted by atomic mass is 32.2. The molecule has 1 aromatic heterocycles. The van der Waals surface area contributed by atoms with Gasteiger partial charge in [0.25, 0.3) is 11.6 Å². The highest BCUT2D eigenvalue weighted by Crippen LogP contribution is 2.23. The number of hydrogen-bond donors (Lipinski definition) is 1. The Bertz CT molecular complexity index is 948. The van der Waals surface area contributed by atoms with Crippen molar-refractivity contribution < 1.29 is 22.9 Å². The molecular formula is C13H11N3O6S2. The number of Topliss-reactive ketones (excluding diaryl/α,β-unsaturated/α-hetero) is 1. The summed E-state index contributed by atoms with van der Waals surface area (Å²) < 4.78 is 23.2. The Morgan fingerprint density at radius 2 is 1.96 bits per heavy atom. The van der Waals surface area contributed by atoms with E-state index in [1.54, 1.807) is 0 Å². The highest BCUT2D eigenvalue weighted by molar-refractivity contribution is 7.90. The van der Waals surface area contributed by atoms with Crippen LogP contribution in [0.1, 0.15) is 27.8 Å². The maximum absolute atomic E-state index is 12.2. The lowest BCUT2D eigenvalue weighted by atomic mass is 10.2. The van der Waals surface area contributed by atoms with E-state index in [9.17, 15) is 28.1 Å². The summed E-state index contributed by atoms with van der Waals surface area (Å²) in [5, 5.41) is 14.9. The van der Waals surface area contributed by atoms with Crippen LogP contribution >= 0.6 is 11.3 Å². The summed E-state index contributed by atoms with van der Waals surface area (Å²) in [7, 11) is -3.74. The number of hydrogen-bond acceptors (Lipinski definition) is 8. The molecule has 0 spiro atoms. The monoisotopic (exact) mass is 369 g/mol. The van der Waals surface area contributed by atoms with Gasteiger partial charge in [0, 0.05) is 36.3 Å². The van der Waals surface area contributed by atoms with Crippen LogP contribution in [0.3, 0.4) is 0 Å². The van der Waals surface area contributed by atoms with Gasteiger partial charge in [-0.3, -0.25) is 25.0 Å². The van der Waals surface area contributed by atoms with Crippen molar-refractivity contribution in [2.75, 3.05) is 11.6 Å². The first-order valence-electron chi connectivity index (χ1n) is 6.35. The van der Waals surface area contributed by atoms with Crippen molar-refractivity contribution in [2.45, 2.75) is 11.8 Å². The summed E-state index contributed by atoms with van der Waals surface area (Å²) in [5.41, 5.74) is -0.554. The normalized spacial score (nSPS) is 11.1. The van der Waals surface area contributed by atoms with Gasteiger partial charge in [-0.25, -0.2) is 13.4 Å². The number of nitrogens with zero attached hydrogens (tertiary/aromatic N) is 2. The lowest BCUT2D eigenvalue weighted by Crippen LogP contribution is -2.13. The molecule has 0 saturated heterocycles. The number of rotatable bonds is 5. The highest BCUT2D eigenvalue weighted by Gasteiger charge is 2.20. The Labute approximate surface area is 140 Å². The fourth-order valence-electron chi connectivity index (χ4n) is 1.70. The molecule has 0 radical (unpaired) electrons.